The van der Waals surface area contributed by atoms with Gasteiger partial charge in [0.05, 0.1) is 11.3 Å². The summed E-state index contributed by atoms with van der Waals surface area (Å²) in [6.45, 7) is 3.94. The molecule has 0 aliphatic carbocycles. The molecule has 0 bridgehead atoms. The van der Waals surface area contributed by atoms with Crippen molar-refractivity contribution in [1.82, 2.24) is 15.1 Å². The van der Waals surface area contributed by atoms with Crippen molar-refractivity contribution < 1.29 is 9.90 Å². The highest BCUT2D eigenvalue weighted by Gasteiger charge is 2.21. The van der Waals surface area contributed by atoms with Gasteiger partial charge in [-0.05, 0) is 25.7 Å². The third-order valence-electron chi connectivity index (χ3n) is 2.61. The van der Waals surface area contributed by atoms with Crippen LogP contribution in [0, 0.1) is 0 Å². The topological polar surface area (TPSA) is 67.2 Å². The first-order valence-corrected chi connectivity index (χ1v) is 7.31. The van der Waals surface area contributed by atoms with E-state index < -0.39 is 5.60 Å². The zero-order chi connectivity index (χ0) is 13.8. The van der Waals surface area contributed by atoms with Gasteiger partial charge in [-0.2, -0.15) is 16.9 Å². The van der Waals surface area contributed by atoms with Gasteiger partial charge in [-0.3, -0.25) is 9.48 Å². The molecule has 0 aliphatic heterocycles. The van der Waals surface area contributed by atoms with E-state index in [9.17, 15) is 9.90 Å². The Morgan fingerprint density at radius 2 is 2.33 bits per heavy atom. The molecule has 1 aromatic rings. The molecule has 18 heavy (non-hydrogen) atoms. The van der Waals surface area contributed by atoms with Gasteiger partial charge in [-0.15, -0.1) is 0 Å². The van der Waals surface area contributed by atoms with Crippen LogP contribution in [0.15, 0.2) is 6.07 Å². The molecule has 0 aromatic carbocycles. The van der Waals surface area contributed by atoms with Crippen molar-refractivity contribution in [3.05, 3.63) is 17.5 Å². The number of hydrogen-bond donors (Lipinski definition) is 2. The number of hydrogen-bond acceptors (Lipinski definition) is 4. The van der Waals surface area contributed by atoms with Gasteiger partial charge >= 0.3 is 0 Å². The minimum absolute atomic E-state index is 0.203. The first-order valence-electron chi connectivity index (χ1n) is 5.92. The van der Waals surface area contributed by atoms with E-state index in [1.54, 1.807) is 36.5 Å². The third-order valence-corrected chi connectivity index (χ3v) is 3.52. The molecule has 1 atom stereocenters. The Balaban J connectivity index is 2.62. The van der Waals surface area contributed by atoms with Crippen LogP contribution in [0.3, 0.4) is 0 Å². The van der Waals surface area contributed by atoms with Crippen molar-refractivity contribution in [1.29, 1.82) is 0 Å². The van der Waals surface area contributed by atoms with Gasteiger partial charge in [-0.25, -0.2) is 0 Å². The Hall–Kier alpha value is -1.01. The summed E-state index contributed by atoms with van der Waals surface area (Å²) >= 11 is 1.55. The molecule has 0 aliphatic rings. The molecule has 1 amide bonds. The molecular formula is C12H21N3O2S. The van der Waals surface area contributed by atoms with Gasteiger partial charge in [0.2, 0.25) is 0 Å². The van der Waals surface area contributed by atoms with Crippen LogP contribution in [-0.4, -0.2) is 44.9 Å². The molecule has 0 fully saturated rings. The van der Waals surface area contributed by atoms with Crippen LogP contribution in [-0.2, 0) is 13.5 Å². The Morgan fingerprint density at radius 3 is 2.83 bits per heavy atom. The van der Waals surface area contributed by atoms with Gasteiger partial charge in [-0.1, -0.05) is 6.92 Å². The van der Waals surface area contributed by atoms with E-state index in [0.29, 0.717) is 11.4 Å². The molecule has 0 saturated heterocycles. The highest BCUT2D eigenvalue weighted by atomic mass is 32.2. The second-order valence-electron chi connectivity index (χ2n) is 4.61. The average Bonchev–Trinajstić information content (AvgIpc) is 2.68. The summed E-state index contributed by atoms with van der Waals surface area (Å²) in [6, 6.07) is 1.78. The fraction of sp³-hybridized carbons (Fsp3) is 0.667. The summed E-state index contributed by atoms with van der Waals surface area (Å²) in [4.78, 5) is 12.0. The SMILES string of the molecule is CCc1cc(C(=O)NCC(C)(O)CSC)n(C)n1. The first kappa shape index (κ1) is 15.0. The number of thioether (sulfide) groups is 1. The van der Waals surface area contributed by atoms with Crippen LogP contribution in [0.2, 0.25) is 0 Å². The number of carbonyl (C=O) groups is 1. The molecule has 1 aromatic heterocycles. The van der Waals surface area contributed by atoms with E-state index >= 15 is 0 Å². The number of nitrogens with one attached hydrogen (secondary N) is 1. The second-order valence-corrected chi connectivity index (χ2v) is 5.48. The number of amides is 1. The van der Waals surface area contributed by atoms with Crippen LogP contribution in [0.4, 0.5) is 0 Å². The van der Waals surface area contributed by atoms with Gasteiger partial charge in [0.25, 0.3) is 5.91 Å². The summed E-state index contributed by atoms with van der Waals surface area (Å²) < 4.78 is 1.57. The van der Waals surface area contributed by atoms with Gasteiger partial charge in [0.15, 0.2) is 0 Å². The normalized spacial score (nSPS) is 14.3. The quantitative estimate of drug-likeness (QED) is 0.804. The summed E-state index contributed by atoms with van der Waals surface area (Å²) in [7, 11) is 1.74. The van der Waals surface area contributed by atoms with Crippen molar-refractivity contribution in [2.24, 2.45) is 7.05 Å². The summed E-state index contributed by atoms with van der Waals surface area (Å²) in [5.41, 5.74) is 0.520. The van der Waals surface area contributed by atoms with Crippen LogP contribution in [0.25, 0.3) is 0 Å². The minimum atomic E-state index is -0.888. The average molecular weight is 271 g/mol. The van der Waals surface area contributed by atoms with Crippen LogP contribution in [0.5, 0.6) is 0 Å². The van der Waals surface area contributed by atoms with E-state index in [0.717, 1.165) is 12.1 Å². The molecule has 0 saturated carbocycles. The zero-order valence-corrected chi connectivity index (χ0v) is 12.2. The number of aryl methyl sites for hydroxylation is 2. The van der Waals surface area contributed by atoms with E-state index in [1.807, 2.05) is 13.2 Å². The molecule has 1 unspecified atom stereocenters. The predicted octanol–water partition coefficient (Wildman–Crippen LogP) is 0.826. The van der Waals surface area contributed by atoms with E-state index in [1.165, 1.54) is 0 Å². The number of aromatic nitrogens is 2. The third kappa shape index (κ3) is 4.03. The maximum atomic E-state index is 12.0. The fourth-order valence-electron chi connectivity index (χ4n) is 1.64. The highest BCUT2D eigenvalue weighted by molar-refractivity contribution is 7.98. The molecule has 1 rings (SSSR count). The number of carbonyl (C=O) groups excluding carboxylic acids is 1. The molecule has 102 valence electrons. The van der Waals surface area contributed by atoms with Gasteiger partial charge < -0.3 is 10.4 Å². The molecule has 5 nitrogen and oxygen atoms in total. The minimum Gasteiger partial charge on any atom is -0.387 e. The highest BCUT2D eigenvalue weighted by Crippen LogP contribution is 2.10. The van der Waals surface area contributed by atoms with Crippen LogP contribution >= 0.6 is 11.8 Å². The molecule has 6 heteroatoms. The summed E-state index contributed by atoms with van der Waals surface area (Å²) in [5.74, 6) is 0.380. The lowest BCUT2D eigenvalue weighted by Gasteiger charge is -2.22. The van der Waals surface area contributed by atoms with E-state index in [2.05, 4.69) is 10.4 Å². The van der Waals surface area contributed by atoms with Crippen molar-refractivity contribution in [2.75, 3.05) is 18.6 Å². The molecule has 2 N–H and O–H groups in total. The molecule has 0 radical (unpaired) electrons. The summed E-state index contributed by atoms with van der Waals surface area (Å²) in [6.07, 6.45) is 2.72. The standard InChI is InChI=1S/C12H21N3O2S/c1-5-9-6-10(15(3)14-9)11(16)13-7-12(2,17)8-18-4/h6,17H,5,7-8H2,1-4H3,(H,13,16). The van der Waals surface area contributed by atoms with Gasteiger partial charge in [0.1, 0.15) is 5.69 Å². The van der Waals surface area contributed by atoms with Crippen LogP contribution in [0.1, 0.15) is 30.0 Å². The van der Waals surface area contributed by atoms with E-state index in [4.69, 9.17) is 0 Å². The molecular weight excluding hydrogens is 250 g/mol. The van der Waals surface area contributed by atoms with Crippen molar-refractivity contribution in [3.8, 4) is 0 Å². The van der Waals surface area contributed by atoms with E-state index in [-0.39, 0.29) is 12.5 Å². The Labute approximate surface area is 112 Å². The van der Waals surface area contributed by atoms with Crippen molar-refractivity contribution in [3.63, 3.8) is 0 Å². The summed E-state index contributed by atoms with van der Waals surface area (Å²) in [5, 5.41) is 16.9. The van der Waals surface area contributed by atoms with Gasteiger partial charge in [0, 0.05) is 19.3 Å². The Bertz CT molecular complexity index is 415. The Morgan fingerprint density at radius 1 is 1.67 bits per heavy atom. The second kappa shape index (κ2) is 6.24. The lowest BCUT2D eigenvalue weighted by molar-refractivity contribution is 0.0720. The maximum absolute atomic E-state index is 12.0. The number of aliphatic hydroxyl groups is 1. The monoisotopic (exact) mass is 271 g/mol. The zero-order valence-electron chi connectivity index (χ0n) is 11.4. The molecule has 1 heterocycles. The maximum Gasteiger partial charge on any atom is 0.269 e. The lowest BCUT2D eigenvalue weighted by Crippen LogP contribution is -2.42. The van der Waals surface area contributed by atoms with Crippen molar-refractivity contribution >= 4 is 17.7 Å². The largest absolute Gasteiger partial charge is 0.387 e. The number of rotatable bonds is 6. The van der Waals surface area contributed by atoms with Crippen molar-refractivity contribution in [2.45, 2.75) is 25.9 Å². The smallest absolute Gasteiger partial charge is 0.269 e. The first-order chi connectivity index (χ1) is 8.39. The van der Waals surface area contributed by atoms with Crippen LogP contribution < -0.4 is 5.32 Å². The number of nitrogens with zero attached hydrogens (tertiary/aromatic N) is 2. The molecule has 0 spiro atoms. The predicted molar refractivity (Wildman–Crippen MR) is 73.9 cm³/mol. The fourth-order valence-corrected chi connectivity index (χ4v) is 2.36. The lowest BCUT2D eigenvalue weighted by atomic mass is 10.1. The Kier molecular flexibility index (Phi) is 5.22.